The zero-order chi connectivity index (χ0) is 9.94. The molecule has 0 aromatic rings. The average Bonchev–Trinajstić information content (AvgIpc) is 1.79. The van der Waals surface area contributed by atoms with Crippen molar-refractivity contribution in [2.24, 2.45) is 0 Å². The number of hydrogen-bond acceptors (Lipinski definition) is 1. The molecule has 0 unspecified atom stereocenters. The Morgan fingerprint density at radius 3 is 1.92 bits per heavy atom. The predicted molar refractivity (Wildman–Crippen MR) is 43.1 cm³/mol. The fraction of sp³-hybridized carbons (Fsp3) is 0.875. The molecule has 4 heteroatoms. The van der Waals surface area contributed by atoms with Gasteiger partial charge < -0.3 is 4.90 Å². The molecule has 0 radical (unpaired) electrons. The Labute approximate surface area is 71.5 Å². The second kappa shape index (κ2) is 3.83. The van der Waals surface area contributed by atoms with Crippen molar-refractivity contribution in [3.05, 3.63) is 0 Å². The van der Waals surface area contributed by atoms with Gasteiger partial charge in [-0.3, -0.25) is 4.79 Å². The summed E-state index contributed by atoms with van der Waals surface area (Å²) < 4.78 is 24.0. The minimum absolute atomic E-state index is 0.317. The van der Waals surface area contributed by atoms with Crippen molar-refractivity contribution in [1.82, 2.24) is 4.90 Å². The van der Waals surface area contributed by atoms with Crippen LogP contribution in [0, 0.1) is 0 Å². The van der Waals surface area contributed by atoms with Crippen molar-refractivity contribution in [1.29, 1.82) is 0 Å². The first-order valence-electron chi connectivity index (χ1n) is 3.81. The van der Waals surface area contributed by atoms with Gasteiger partial charge in [0.2, 0.25) is 5.91 Å². The molecule has 0 heterocycles. The molecule has 72 valence electrons. The summed E-state index contributed by atoms with van der Waals surface area (Å²) in [7, 11) is 0. The molecule has 2 nitrogen and oxygen atoms in total. The van der Waals surface area contributed by atoms with Crippen LogP contribution >= 0.6 is 0 Å². The second-order valence-electron chi connectivity index (χ2n) is 3.69. The molecular weight excluding hydrogens is 164 g/mol. The van der Waals surface area contributed by atoms with E-state index in [1.165, 1.54) is 6.92 Å². The van der Waals surface area contributed by atoms with Gasteiger partial charge in [-0.25, -0.2) is 8.78 Å². The van der Waals surface area contributed by atoms with E-state index in [1.807, 2.05) is 0 Å². The number of alkyl halides is 2. The standard InChI is InChI=1S/C8H15F2NO/c1-6(12)11(5-7(9)10)8(2,3)4/h7H,5H2,1-4H3. The molecule has 0 saturated heterocycles. The monoisotopic (exact) mass is 179 g/mol. The van der Waals surface area contributed by atoms with Crippen molar-refractivity contribution >= 4 is 5.91 Å². The van der Waals surface area contributed by atoms with Crippen LogP contribution in [0.25, 0.3) is 0 Å². The van der Waals surface area contributed by atoms with Crippen molar-refractivity contribution in [3.8, 4) is 0 Å². The normalized spacial score (nSPS) is 11.9. The summed E-state index contributed by atoms with van der Waals surface area (Å²) in [6.07, 6.45) is -2.46. The number of carbonyl (C=O) groups is 1. The topological polar surface area (TPSA) is 20.3 Å². The summed E-state index contributed by atoms with van der Waals surface area (Å²) in [4.78, 5) is 12.1. The van der Waals surface area contributed by atoms with Gasteiger partial charge in [0.25, 0.3) is 6.43 Å². The Bertz CT molecular complexity index is 163. The van der Waals surface area contributed by atoms with Gasteiger partial charge in [0.1, 0.15) is 0 Å². The zero-order valence-electron chi connectivity index (χ0n) is 7.90. The van der Waals surface area contributed by atoms with Gasteiger partial charge in [0, 0.05) is 12.5 Å². The lowest BCUT2D eigenvalue weighted by atomic mass is 10.1. The Morgan fingerprint density at radius 1 is 1.42 bits per heavy atom. The molecular formula is C8H15F2NO. The molecule has 0 fully saturated rings. The Balaban J connectivity index is 4.35. The van der Waals surface area contributed by atoms with Crippen LogP contribution in [0.3, 0.4) is 0 Å². The lowest BCUT2D eigenvalue weighted by molar-refractivity contribution is -0.136. The van der Waals surface area contributed by atoms with Crippen molar-refractivity contribution < 1.29 is 13.6 Å². The molecule has 0 aliphatic carbocycles. The van der Waals surface area contributed by atoms with E-state index in [0.717, 1.165) is 4.90 Å². The van der Waals surface area contributed by atoms with Crippen LogP contribution in [0.1, 0.15) is 27.7 Å². The van der Waals surface area contributed by atoms with Crippen LogP contribution in [0.15, 0.2) is 0 Å². The molecule has 0 atom stereocenters. The highest BCUT2D eigenvalue weighted by Gasteiger charge is 2.26. The number of hydrogen-bond donors (Lipinski definition) is 0. The van der Waals surface area contributed by atoms with Crippen molar-refractivity contribution in [2.75, 3.05) is 6.54 Å². The predicted octanol–water partition coefficient (Wildman–Crippen LogP) is 1.90. The summed E-state index contributed by atoms with van der Waals surface area (Å²) in [5.74, 6) is -0.317. The lowest BCUT2D eigenvalue weighted by Gasteiger charge is -2.34. The van der Waals surface area contributed by atoms with E-state index in [4.69, 9.17) is 0 Å². The first kappa shape index (κ1) is 11.3. The van der Waals surface area contributed by atoms with Crippen molar-refractivity contribution in [3.63, 3.8) is 0 Å². The third-order valence-corrected chi connectivity index (χ3v) is 1.51. The zero-order valence-corrected chi connectivity index (χ0v) is 7.90. The van der Waals surface area contributed by atoms with E-state index in [1.54, 1.807) is 20.8 Å². The average molecular weight is 179 g/mol. The molecule has 0 N–H and O–H groups in total. The number of nitrogens with zero attached hydrogens (tertiary/aromatic N) is 1. The SMILES string of the molecule is CC(=O)N(CC(F)F)C(C)(C)C. The molecule has 1 amide bonds. The molecule has 0 aromatic heterocycles. The molecule has 0 saturated carbocycles. The molecule has 0 aliphatic heterocycles. The van der Waals surface area contributed by atoms with E-state index < -0.39 is 18.5 Å². The number of carbonyl (C=O) groups excluding carboxylic acids is 1. The van der Waals surface area contributed by atoms with Gasteiger partial charge in [0.15, 0.2) is 0 Å². The first-order valence-corrected chi connectivity index (χ1v) is 3.81. The van der Waals surface area contributed by atoms with Gasteiger partial charge in [-0.1, -0.05) is 0 Å². The molecule has 12 heavy (non-hydrogen) atoms. The summed E-state index contributed by atoms with van der Waals surface area (Å²) in [5.41, 5.74) is -0.526. The summed E-state index contributed by atoms with van der Waals surface area (Å²) >= 11 is 0. The van der Waals surface area contributed by atoms with Crippen LogP contribution < -0.4 is 0 Å². The smallest absolute Gasteiger partial charge is 0.255 e. The third kappa shape index (κ3) is 3.64. The molecule has 0 aromatic carbocycles. The highest BCUT2D eigenvalue weighted by molar-refractivity contribution is 5.74. The van der Waals surface area contributed by atoms with Crippen LogP contribution in [-0.2, 0) is 4.79 Å². The number of amides is 1. The highest BCUT2D eigenvalue weighted by Crippen LogP contribution is 2.14. The molecule has 0 rings (SSSR count). The summed E-state index contributed by atoms with van der Waals surface area (Å²) in [6.45, 7) is 6.01. The van der Waals surface area contributed by atoms with E-state index in [0.29, 0.717) is 0 Å². The minimum atomic E-state index is -2.46. The maximum Gasteiger partial charge on any atom is 0.255 e. The molecule has 0 bridgehead atoms. The third-order valence-electron chi connectivity index (χ3n) is 1.51. The quantitative estimate of drug-likeness (QED) is 0.634. The Hall–Kier alpha value is -0.670. The van der Waals surface area contributed by atoms with Crippen LogP contribution in [0.5, 0.6) is 0 Å². The van der Waals surface area contributed by atoms with E-state index in [2.05, 4.69) is 0 Å². The Kier molecular flexibility index (Phi) is 3.61. The van der Waals surface area contributed by atoms with E-state index in [9.17, 15) is 13.6 Å². The summed E-state index contributed by atoms with van der Waals surface area (Å²) in [6, 6.07) is 0. The molecule has 0 spiro atoms. The number of halogens is 2. The van der Waals surface area contributed by atoms with Gasteiger partial charge in [-0.2, -0.15) is 0 Å². The summed E-state index contributed by atoms with van der Waals surface area (Å²) in [5, 5.41) is 0. The van der Waals surface area contributed by atoms with Crippen LogP contribution in [0.2, 0.25) is 0 Å². The highest BCUT2D eigenvalue weighted by atomic mass is 19.3. The molecule has 0 aliphatic rings. The second-order valence-corrected chi connectivity index (χ2v) is 3.69. The van der Waals surface area contributed by atoms with Crippen molar-refractivity contribution in [2.45, 2.75) is 39.7 Å². The minimum Gasteiger partial charge on any atom is -0.332 e. The van der Waals surface area contributed by atoms with Gasteiger partial charge in [-0.15, -0.1) is 0 Å². The number of rotatable bonds is 2. The lowest BCUT2D eigenvalue weighted by Crippen LogP contribution is -2.46. The van der Waals surface area contributed by atoms with Gasteiger partial charge >= 0.3 is 0 Å². The van der Waals surface area contributed by atoms with E-state index >= 15 is 0 Å². The maximum atomic E-state index is 12.0. The van der Waals surface area contributed by atoms with E-state index in [-0.39, 0.29) is 5.91 Å². The maximum absolute atomic E-state index is 12.0. The van der Waals surface area contributed by atoms with Gasteiger partial charge in [0.05, 0.1) is 6.54 Å². The largest absolute Gasteiger partial charge is 0.332 e. The fourth-order valence-electron chi connectivity index (χ4n) is 1.01. The Morgan fingerprint density at radius 2 is 1.83 bits per heavy atom. The fourth-order valence-corrected chi connectivity index (χ4v) is 1.01. The van der Waals surface area contributed by atoms with Gasteiger partial charge in [-0.05, 0) is 20.8 Å². The first-order chi connectivity index (χ1) is 5.25. The van der Waals surface area contributed by atoms with Crippen LogP contribution in [0.4, 0.5) is 8.78 Å². The van der Waals surface area contributed by atoms with Crippen LogP contribution in [-0.4, -0.2) is 29.3 Å².